The van der Waals surface area contributed by atoms with Gasteiger partial charge in [0.15, 0.2) is 0 Å². The normalized spacial score (nSPS) is 12.7. The maximum absolute atomic E-state index is 12.2. The van der Waals surface area contributed by atoms with E-state index in [1.54, 1.807) is 20.8 Å². The molecule has 20 heavy (non-hydrogen) atoms. The van der Waals surface area contributed by atoms with Gasteiger partial charge in [-0.3, -0.25) is 4.90 Å². The molecule has 4 nitrogen and oxygen atoms in total. The lowest BCUT2D eigenvalue weighted by Gasteiger charge is -2.30. The van der Waals surface area contributed by atoms with E-state index in [9.17, 15) is 9.59 Å². The van der Waals surface area contributed by atoms with Gasteiger partial charge in [-0.2, -0.15) is 0 Å². The minimum absolute atomic E-state index is 0.409. The molecular formula is C16H23NO3. The molecule has 0 radical (unpaired) electrons. The maximum atomic E-state index is 12.2. The molecule has 1 aromatic rings. The Hall–Kier alpha value is -1.84. The Morgan fingerprint density at radius 3 is 2.50 bits per heavy atom. The predicted octanol–water partition coefficient (Wildman–Crippen LogP) is 3.49. The first-order valence-electron chi connectivity index (χ1n) is 6.80. The van der Waals surface area contributed by atoms with Crippen LogP contribution in [-0.2, 0) is 9.53 Å². The summed E-state index contributed by atoms with van der Waals surface area (Å²) in [4.78, 5) is 25.1. The molecule has 0 heterocycles. The van der Waals surface area contributed by atoms with Crippen LogP contribution in [0.5, 0.6) is 0 Å². The lowest BCUT2D eigenvalue weighted by Crippen LogP contribution is -2.39. The molecule has 0 bridgehead atoms. The summed E-state index contributed by atoms with van der Waals surface area (Å²) < 4.78 is 5.35. The third-order valence-corrected chi connectivity index (χ3v) is 2.82. The summed E-state index contributed by atoms with van der Waals surface area (Å²) in [5, 5.41) is 0. The van der Waals surface area contributed by atoms with Gasteiger partial charge in [-0.05, 0) is 40.2 Å². The van der Waals surface area contributed by atoms with E-state index in [1.807, 2.05) is 38.1 Å². The summed E-state index contributed by atoms with van der Waals surface area (Å²) in [6.07, 6.45) is 0.306. The van der Waals surface area contributed by atoms with E-state index in [-0.39, 0.29) is 0 Å². The average Bonchev–Trinajstić information content (AvgIpc) is 2.33. The van der Waals surface area contributed by atoms with Crippen LogP contribution in [0.2, 0.25) is 0 Å². The molecular weight excluding hydrogens is 254 g/mol. The molecule has 110 valence electrons. The topological polar surface area (TPSA) is 46.6 Å². The van der Waals surface area contributed by atoms with Gasteiger partial charge in [0, 0.05) is 6.54 Å². The van der Waals surface area contributed by atoms with Crippen molar-refractivity contribution in [2.75, 3.05) is 6.54 Å². The highest BCUT2D eigenvalue weighted by atomic mass is 16.6. The molecule has 1 aromatic carbocycles. The van der Waals surface area contributed by atoms with Crippen molar-refractivity contribution >= 4 is 12.4 Å². The molecule has 1 atom stereocenters. The van der Waals surface area contributed by atoms with Gasteiger partial charge in [0.1, 0.15) is 17.9 Å². The van der Waals surface area contributed by atoms with Gasteiger partial charge >= 0.3 is 6.09 Å². The summed E-state index contributed by atoms with van der Waals surface area (Å²) in [7, 11) is 0. The molecule has 0 aliphatic rings. The van der Waals surface area contributed by atoms with Crippen LogP contribution >= 0.6 is 0 Å². The molecule has 0 N–H and O–H groups in total. The van der Waals surface area contributed by atoms with Crippen molar-refractivity contribution in [3.63, 3.8) is 0 Å². The summed E-state index contributed by atoms with van der Waals surface area (Å²) in [6.45, 7) is 9.61. The maximum Gasteiger partial charge on any atom is 0.411 e. The lowest BCUT2D eigenvalue weighted by molar-refractivity contribution is -0.112. The number of benzene rings is 1. The first-order chi connectivity index (χ1) is 9.28. The minimum atomic E-state index is -0.616. The van der Waals surface area contributed by atoms with Crippen LogP contribution in [0.4, 0.5) is 4.79 Å². The number of hydrogen-bond donors (Lipinski definition) is 0. The number of likely N-dealkylation sites (N-methyl/N-ethyl adjacent to an activating group) is 1. The summed E-state index contributed by atoms with van der Waals surface area (Å²) in [6, 6.07) is 6.97. The number of aryl methyl sites for hydroxylation is 1. The lowest BCUT2D eigenvalue weighted by atomic mass is 10.0. The van der Waals surface area contributed by atoms with Gasteiger partial charge in [-0.15, -0.1) is 0 Å². The smallest absolute Gasteiger partial charge is 0.411 e. The van der Waals surface area contributed by atoms with Gasteiger partial charge in [-0.1, -0.05) is 29.8 Å². The van der Waals surface area contributed by atoms with E-state index in [0.717, 1.165) is 17.4 Å². The Bertz CT molecular complexity index is 477. The van der Waals surface area contributed by atoms with Crippen molar-refractivity contribution in [3.8, 4) is 0 Å². The van der Waals surface area contributed by atoms with Crippen molar-refractivity contribution in [1.29, 1.82) is 0 Å². The fourth-order valence-corrected chi connectivity index (χ4v) is 1.95. The highest BCUT2D eigenvalue weighted by Crippen LogP contribution is 2.22. The molecule has 0 aromatic heterocycles. The van der Waals surface area contributed by atoms with Gasteiger partial charge < -0.3 is 9.53 Å². The van der Waals surface area contributed by atoms with E-state index in [2.05, 4.69) is 0 Å². The number of ether oxygens (including phenoxy) is 1. The van der Waals surface area contributed by atoms with Gasteiger partial charge in [0.25, 0.3) is 0 Å². The highest BCUT2D eigenvalue weighted by molar-refractivity contribution is 5.75. The van der Waals surface area contributed by atoms with E-state index >= 15 is 0 Å². The zero-order chi connectivity index (χ0) is 15.3. The largest absolute Gasteiger partial charge is 0.444 e. The zero-order valence-electron chi connectivity index (χ0n) is 12.8. The van der Waals surface area contributed by atoms with Crippen molar-refractivity contribution in [1.82, 2.24) is 4.90 Å². The van der Waals surface area contributed by atoms with Crippen LogP contribution in [0.3, 0.4) is 0 Å². The molecule has 0 aliphatic heterocycles. The second kappa shape index (κ2) is 6.55. The number of hydrogen-bond acceptors (Lipinski definition) is 3. The minimum Gasteiger partial charge on any atom is -0.444 e. The summed E-state index contributed by atoms with van der Waals surface area (Å²) in [5.41, 5.74) is 1.27. The van der Waals surface area contributed by atoms with Gasteiger partial charge in [0.05, 0.1) is 0 Å². The number of rotatable bonds is 4. The molecule has 0 saturated heterocycles. The molecule has 1 amide bonds. The van der Waals surface area contributed by atoms with E-state index in [4.69, 9.17) is 4.74 Å². The molecule has 0 saturated carbocycles. The zero-order valence-corrected chi connectivity index (χ0v) is 12.8. The Balaban J connectivity index is 3.01. The third-order valence-electron chi connectivity index (χ3n) is 2.82. The Kier molecular flexibility index (Phi) is 5.31. The second-order valence-electron chi connectivity index (χ2n) is 5.76. The van der Waals surface area contributed by atoms with E-state index in [0.29, 0.717) is 6.54 Å². The first-order valence-corrected chi connectivity index (χ1v) is 6.80. The standard InChI is InChI=1S/C16H23NO3/c1-6-17(15(19)20-16(3,4)5)14(11-18)13-9-7-8-12(2)10-13/h7-11,14H,6H2,1-5H3. The fraction of sp³-hybridized carbons (Fsp3) is 0.500. The van der Waals surface area contributed by atoms with Crippen molar-refractivity contribution in [3.05, 3.63) is 35.4 Å². The fourth-order valence-electron chi connectivity index (χ4n) is 1.95. The van der Waals surface area contributed by atoms with Crippen LogP contribution < -0.4 is 0 Å². The Labute approximate surface area is 120 Å². The van der Waals surface area contributed by atoms with Crippen LogP contribution in [0.1, 0.15) is 44.9 Å². The first kappa shape index (κ1) is 16.2. The van der Waals surface area contributed by atoms with Gasteiger partial charge in [-0.25, -0.2) is 4.79 Å². The summed E-state index contributed by atoms with van der Waals surface area (Å²) >= 11 is 0. The highest BCUT2D eigenvalue weighted by Gasteiger charge is 2.28. The number of nitrogens with zero attached hydrogens (tertiary/aromatic N) is 1. The van der Waals surface area contributed by atoms with Crippen LogP contribution in [0.15, 0.2) is 24.3 Å². The van der Waals surface area contributed by atoms with E-state index < -0.39 is 17.7 Å². The Morgan fingerprint density at radius 1 is 1.40 bits per heavy atom. The number of aldehydes is 1. The van der Waals surface area contributed by atoms with Crippen LogP contribution in [-0.4, -0.2) is 29.4 Å². The molecule has 0 aliphatic carbocycles. The Morgan fingerprint density at radius 2 is 2.05 bits per heavy atom. The van der Waals surface area contributed by atoms with Crippen LogP contribution in [0, 0.1) is 6.92 Å². The average molecular weight is 277 g/mol. The monoisotopic (exact) mass is 277 g/mol. The molecule has 0 fully saturated rings. The van der Waals surface area contributed by atoms with E-state index in [1.165, 1.54) is 4.90 Å². The molecule has 4 heteroatoms. The summed E-state index contributed by atoms with van der Waals surface area (Å²) in [5.74, 6) is 0. The number of carbonyl (C=O) groups is 2. The molecule has 1 unspecified atom stereocenters. The van der Waals surface area contributed by atoms with Gasteiger partial charge in [0.2, 0.25) is 0 Å². The number of carbonyl (C=O) groups excluding carboxylic acids is 2. The SMILES string of the molecule is CCN(C(=O)OC(C)(C)C)C(C=O)c1cccc(C)c1. The van der Waals surface area contributed by atoms with Crippen LogP contribution in [0.25, 0.3) is 0 Å². The quantitative estimate of drug-likeness (QED) is 0.791. The van der Waals surface area contributed by atoms with Crippen molar-refractivity contribution < 1.29 is 14.3 Å². The molecule has 0 spiro atoms. The predicted molar refractivity (Wildman–Crippen MR) is 78.6 cm³/mol. The second-order valence-corrected chi connectivity index (χ2v) is 5.76. The van der Waals surface area contributed by atoms with Crippen molar-refractivity contribution in [2.45, 2.75) is 46.3 Å². The third kappa shape index (κ3) is 4.37. The molecule has 1 rings (SSSR count). The van der Waals surface area contributed by atoms with Crippen molar-refractivity contribution in [2.24, 2.45) is 0 Å². The number of amides is 1.